The second-order valence-electron chi connectivity index (χ2n) is 7.07. The summed E-state index contributed by atoms with van der Waals surface area (Å²) < 4.78 is 2.13. The lowest BCUT2D eigenvalue weighted by molar-refractivity contribution is 0.185. The molecule has 2 atom stereocenters. The number of carbonyl (C=O) groups is 1. The number of rotatable bonds is 4. The first kappa shape index (κ1) is 15.3. The minimum atomic E-state index is 0.0828. The number of carbonyl (C=O) groups excluding carboxylic acids is 1. The first-order valence-electron chi connectivity index (χ1n) is 8.97. The molecular weight excluding hydrogens is 298 g/mol. The quantitative estimate of drug-likeness (QED) is 0.906. The highest BCUT2D eigenvalue weighted by atomic mass is 16.2. The molecule has 2 amide bonds. The fourth-order valence-electron chi connectivity index (χ4n) is 3.92. The van der Waals surface area contributed by atoms with Gasteiger partial charge in [0.25, 0.3) is 0 Å². The Hall–Kier alpha value is -2.23. The van der Waals surface area contributed by atoms with Crippen LogP contribution in [0.25, 0.3) is 0 Å². The Kier molecular flexibility index (Phi) is 4.05. The number of nitrogens with one attached hydrogen (secondary N) is 1. The van der Waals surface area contributed by atoms with Crippen molar-refractivity contribution in [1.29, 1.82) is 0 Å². The zero-order chi connectivity index (χ0) is 16.5. The highest BCUT2D eigenvalue weighted by molar-refractivity contribution is 5.75. The van der Waals surface area contributed by atoms with E-state index in [4.69, 9.17) is 0 Å². The summed E-state index contributed by atoms with van der Waals surface area (Å²) in [6.45, 7) is 0.841. The Morgan fingerprint density at radius 1 is 1.12 bits per heavy atom. The van der Waals surface area contributed by atoms with Crippen molar-refractivity contribution in [3.05, 3.63) is 59.9 Å². The number of nitrogens with zero attached hydrogens (tertiary/aromatic N) is 2. The molecule has 126 valence electrons. The molecule has 2 fully saturated rings. The second-order valence-corrected chi connectivity index (χ2v) is 7.07. The molecule has 0 spiro atoms. The summed E-state index contributed by atoms with van der Waals surface area (Å²) in [7, 11) is 2.06. The normalized spacial score (nSPS) is 21.7. The maximum atomic E-state index is 13.0. The van der Waals surface area contributed by atoms with E-state index in [1.165, 1.54) is 24.1 Å². The van der Waals surface area contributed by atoms with E-state index in [1.54, 1.807) is 0 Å². The van der Waals surface area contributed by atoms with Gasteiger partial charge in [0.05, 0.1) is 12.1 Å². The molecule has 2 heterocycles. The Balaban J connectivity index is 1.51. The predicted molar refractivity (Wildman–Crippen MR) is 94.5 cm³/mol. The maximum Gasteiger partial charge on any atom is 0.318 e. The minimum Gasteiger partial charge on any atom is -0.353 e. The van der Waals surface area contributed by atoms with Crippen LogP contribution >= 0.6 is 0 Å². The van der Waals surface area contributed by atoms with Crippen molar-refractivity contribution in [2.45, 2.75) is 37.8 Å². The number of hydrogen-bond donors (Lipinski definition) is 1. The maximum absolute atomic E-state index is 13.0. The monoisotopic (exact) mass is 323 g/mol. The van der Waals surface area contributed by atoms with Crippen LogP contribution in [0, 0.1) is 5.92 Å². The van der Waals surface area contributed by atoms with Crippen LogP contribution in [0.1, 0.15) is 49.0 Å². The fourth-order valence-corrected chi connectivity index (χ4v) is 3.92. The Labute approximate surface area is 143 Å². The summed E-state index contributed by atoms with van der Waals surface area (Å²) in [6.07, 6.45) is 6.59. The predicted octanol–water partition coefficient (Wildman–Crippen LogP) is 4.02. The molecule has 24 heavy (non-hydrogen) atoms. The average molecular weight is 323 g/mol. The molecule has 1 aliphatic heterocycles. The summed E-state index contributed by atoms with van der Waals surface area (Å²) in [6, 6.07) is 15.0. The Morgan fingerprint density at radius 3 is 2.58 bits per heavy atom. The SMILES string of the molecule is Cn1cccc1C1CCCN1C(=O)NC(c1ccccc1)C1CC1. The molecule has 4 nitrogen and oxygen atoms in total. The molecule has 0 bridgehead atoms. The van der Waals surface area contributed by atoms with E-state index in [2.05, 4.69) is 59.5 Å². The highest BCUT2D eigenvalue weighted by Crippen LogP contribution is 2.41. The summed E-state index contributed by atoms with van der Waals surface area (Å²) in [5.41, 5.74) is 2.45. The van der Waals surface area contributed by atoms with Crippen molar-refractivity contribution in [2.75, 3.05) is 6.54 Å². The van der Waals surface area contributed by atoms with Crippen LogP contribution < -0.4 is 5.32 Å². The largest absolute Gasteiger partial charge is 0.353 e. The van der Waals surface area contributed by atoms with Gasteiger partial charge in [-0.1, -0.05) is 30.3 Å². The Morgan fingerprint density at radius 2 is 1.92 bits per heavy atom. The van der Waals surface area contributed by atoms with Crippen LogP contribution in [0.2, 0.25) is 0 Å². The van der Waals surface area contributed by atoms with Gasteiger partial charge in [0.15, 0.2) is 0 Å². The molecule has 1 saturated heterocycles. The van der Waals surface area contributed by atoms with Gasteiger partial charge in [-0.05, 0) is 49.3 Å². The summed E-state index contributed by atoms with van der Waals surface area (Å²) in [4.78, 5) is 15.0. The summed E-state index contributed by atoms with van der Waals surface area (Å²) >= 11 is 0. The van der Waals surface area contributed by atoms with Crippen molar-refractivity contribution in [3.8, 4) is 0 Å². The molecule has 1 aliphatic carbocycles. The lowest BCUT2D eigenvalue weighted by atomic mass is 10.0. The fraction of sp³-hybridized carbons (Fsp3) is 0.450. The number of benzene rings is 1. The molecular formula is C20H25N3O. The molecule has 1 aromatic carbocycles. The van der Waals surface area contributed by atoms with Crippen molar-refractivity contribution in [2.24, 2.45) is 13.0 Å². The van der Waals surface area contributed by atoms with E-state index < -0.39 is 0 Å². The first-order chi connectivity index (χ1) is 11.7. The molecule has 1 saturated carbocycles. The molecule has 2 unspecified atom stereocenters. The highest BCUT2D eigenvalue weighted by Gasteiger charge is 2.37. The van der Waals surface area contributed by atoms with E-state index in [0.29, 0.717) is 5.92 Å². The van der Waals surface area contributed by atoms with Gasteiger partial charge in [0, 0.05) is 25.5 Å². The average Bonchev–Trinajstić information content (AvgIpc) is 3.16. The molecule has 1 aromatic heterocycles. The van der Waals surface area contributed by atoms with Crippen LogP contribution in [0.5, 0.6) is 0 Å². The van der Waals surface area contributed by atoms with E-state index in [1.807, 2.05) is 11.0 Å². The summed E-state index contributed by atoms with van der Waals surface area (Å²) in [5.74, 6) is 0.590. The van der Waals surface area contributed by atoms with Gasteiger partial charge in [0.1, 0.15) is 0 Å². The number of aryl methyl sites for hydroxylation is 1. The van der Waals surface area contributed by atoms with Crippen molar-refractivity contribution in [3.63, 3.8) is 0 Å². The standard InChI is InChI=1S/C20H25N3O/c1-22-13-5-9-17(22)18-10-6-14-23(18)20(24)21-19(16-11-12-16)15-7-3-2-4-8-15/h2-5,7-9,13,16,18-19H,6,10-12,14H2,1H3,(H,21,24). The van der Waals surface area contributed by atoms with Gasteiger partial charge in [-0.2, -0.15) is 0 Å². The number of urea groups is 1. The van der Waals surface area contributed by atoms with Gasteiger partial charge in [-0.3, -0.25) is 0 Å². The number of amides is 2. The lowest BCUT2D eigenvalue weighted by Gasteiger charge is -2.28. The van der Waals surface area contributed by atoms with E-state index in [0.717, 1.165) is 19.4 Å². The van der Waals surface area contributed by atoms with E-state index in [9.17, 15) is 4.79 Å². The van der Waals surface area contributed by atoms with Crippen molar-refractivity contribution >= 4 is 6.03 Å². The number of hydrogen-bond acceptors (Lipinski definition) is 1. The first-order valence-corrected chi connectivity index (χ1v) is 8.97. The van der Waals surface area contributed by atoms with Crippen molar-refractivity contribution < 1.29 is 4.79 Å². The zero-order valence-corrected chi connectivity index (χ0v) is 14.2. The van der Waals surface area contributed by atoms with Gasteiger partial charge < -0.3 is 14.8 Å². The molecule has 4 heteroatoms. The van der Waals surface area contributed by atoms with Crippen LogP contribution in [-0.2, 0) is 7.05 Å². The topological polar surface area (TPSA) is 37.3 Å². The van der Waals surface area contributed by atoms with Gasteiger partial charge >= 0.3 is 6.03 Å². The van der Waals surface area contributed by atoms with Crippen LogP contribution in [0.3, 0.4) is 0 Å². The van der Waals surface area contributed by atoms with Crippen LogP contribution in [-0.4, -0.2) is 22.0 Å². The minimum absolute atomic E-state index is 0.0828. The lowest BCUT2D eigenvalue weighted by Crippen LogP contribution is -2.42. The molecule has 2 aliphatic rings. The molecule has 0 radical (unpaired) electrons. The number of aromatic nitrogens is 1. The van der Waals surface area contributed by atoms with E-state index >= 15 is 0 Å². The third kappa shape index (κ3) is 2.93. The van der Waals surface area contributed by atoms with Gasteiger partial charge in [-0.25, -0.2) is 4.79 Å². The molecule has 2 aromatic rings. The second kappa shape index (κ2) is 6.34. The van der Waals surface area contributed by atoms with Gasteiger partial charge in [0.2, 0.25) is 0 Å². The van der Waals surface area contributed by atoms with Crippen LogP contribution in [0.15, 0.2) is 48.7 Å². The Bertz CT molecular complexity index is 705. The zero-order valence-electron chi connectivity index (χ0n) is 14.2. The molecule has 1 N–H and O–H groups in total. The van der Waals surface area contributed by atoms with Crippen molar-refractivity contribution in [1.82, 2.24) is 14.8 Å². The number of likely N-dealkylation sites (tertiary alicyclic amines) is 1. The molecule has 4 rings (SSSR count). The smallest absolute Gasteiger partial charge is 0.318 e. The van der Waals surface area contributed by atoms with E-state index in [-0.39, 0.29) is 18.1 Å². The van der Waals surface area contributed by atoms with Crippen LogP contribution in [0.4, 0.5) is 4.79 Å². The third-order valence-electron chi connectivity index (χ3n) is 5.37. The van der Waals surface area contributed by atoms with Gasteiger partial charge in [-0.15, -0.1) is 0 Å². The summed E-state index contributed by atoms with van der Waals surface area (Å²) in [5, 5.41) is 3.33. The third-order valence-corrected chi connectivity index (χ3v) is 5.37.